The molecule has 0 aromatic carbocycles. The van der Waals surface area contributed by atoms with Crippen LogP contribution in [0.25, 0.3) is 0 Å². The van der Waals surface area contributed by atoms with Gasteiger partial charge in [-0.3, -0.25) is 4.79 Å². The molecule has 2 rings (SSSR count). The Kier molecular flexibility index (Phi) is 2.06. The van der Waals surface area contributed by atoms with Crippen molar-refractivity contribution in [2.75, 3.05) is 19.6 Å². The zero-order chi connectivity index (χ0) is 9.47. The Hall–Kier alpha value is -0.570. The lowest BCUT2D eigenvalue weighted by Gasteiger charge is -2.25. The molecule has 1 saturated carbocycles. The van der Waals surface area contributed by atoms with Crippen molar-refractivity contribution in [3.8, 4) is 0 Å². The van der Waals surface area contributed by atoms with Gasteiger partial charge in [-0.15, -0.1) is 0 Å². The molecule has 2 fully saturated rings. The number of nitrogens with one attached hydrogen (secondary N) is 2. The van der Waals surface area contributed by atoms with Crippen LogP contribution >= 0.6 is 0 Å². The average molecular weight is 182 g/mol. The summed E-state index contributed by atoms with van der Waals surface area (Å²) in [4.78, 5) is 11.4. The molecule has 1 saturated heterocycles. The standard InChI is InChI=1S/C10H18N2O/c1-10(2)3-8(10)6-12-9(13)7-4-11-5-7/h7-8,11H,3-6H2,1-2H3,(H,12,13). The van der Waals surface area contributed by atoms with Crippen LogP contribution in [0.4, 0.5) is 0 Å². The fourth-order valence-electron chi connectivity index (χ4n) is 1.77. The van der Waals surface area contributed by atoms with Crippen LogP contribution in [0.3, 0.4) is 0 Å². The van der Waals surface area contributed by atoms with Crippen molar-refractivity contribution in [2.45, 2.75) is 20.3 Å². The van der Waals surface area contributed by atoms with Gasteiger partial charge in [-0.05, 0) is 17.8 Å². The van der Waals surface area contributed by atoms with E-state index in [1.165, 1.54) is 6.42 Å². The summed E-state index contributed by atoms with van der Waals surface area (Å²) >= 11 is 0. The summed E-state index contributed by atoms with van der Waals surface area (Å²) in [5, 5.41) is 6.12. The number of rotatable bonds is 3. The minimum Gasteiger partial charge on any atom is -0.355 e. The smallest absolute Gasteiger partial charge is 0.225 e. The summed E-state index contributed by atoms with van der Waals surface area (Å²) in [6.45, 7) is 7.12. The average Bonchev–Trinajstić information content (AvgIpc) is 2.51. The normalized spacial score (nSPS) is 30.8. The third kappa shape index (κ3) is 1.85. The van der Waals surface area contributed by atoms with Crippen molar-refractivity contribution in [3.05, 3.63) is 0 Å². The molecule has 3 nitrogen and oxygen atoms in total. The van der Waals surface area contributed by atoms with Crippen molar-refractivity contribution >= 4 is 5.91 Å². The lowest BCUT2D eigenvalue weighted by atomic mass is 10.0. The van der Waals surface area contributed by atoms with Crippen molar-refractivity contribution in [3.63, 3.8) is 0 Å². The van der Waals surface area contributed by atoms with Crippen molar-refractivity contribution < 1.29 is 4.79 Å². The zero-order valence-corrected chi connectivity index (χ0v) is 8.39. The number of hydrogen-bond donors (Lipinski definition) is 2. The van der Waals surface area contributed by atoms with Gasteiger partial charge in [0.2, 0.25) is 5.91 Å². The Morgan fingerprint density at radius 2 is 2.15 bits per heavy atom. The predicted molar refractivity (Wildman–Crippen MR) is 51.3 cm³/mol. The van der Waals surface area contributed by atoms with Crippen LogP contribution < -0.4 is 10.6 Å². The highest BCUT2D eigenvalue weighted by Gasteiger charge is 2.45. The van der Waals surface area contributed by atoms with Crippen LogP contribution in [0.15, 0.2) is 0 Å². The topological polar surface area (TPSA) is 41.1 Å². The second-order valence-electron chi connectivity index (χ2n) is 4.99. The molecular formula is C10H18N2O. The Balaban J connectivity index is 1.65. The number of carbonyl (C=O) groups excluding carboxylic acids is 1. The van der Waals surface area contributed by atoms with Gasteiger partial charge in [0.1, 0.15) is 0 Å². The summed E-state index contributed by atoms with van der Waals surface area (Å²) in [6.07, 6.45) is 1.26. The molecule has 1 atom stereocenters. The summed E-state index contributed by atoms with van der Waals surface area (Å²) < 4.78 is 0. The van der Waals surface area contributed by atoms with E-state index in [1.807, 2.05) is 0 Å². The Bertz CT molecular complexity index is 221. The first-order valence-electron chi connectivity index (χ1n) is 5.08. The lowest BCUT2D eigenvalue weighted by molar-refractivity contribution is -0.126. The molecule has 1 unspecified atom stereocenters. The third-order valence-electron chi connectivity index (χ3n) is 3.39. The number of hydrogen-bond acceptors (Lipinski definition) is 2. The minimum absolute atomic E-state index is 0.237. The highest BCUT2D eigenvalue weighted by molar-refractivity contribution is 5.80. The van der Waals surface area contributed by atoms with E-state index in [0.717, 1.165) is 19.6 Å². The molecule has 0 radical (unpaired) electrons. The first kappa shape index (κ1) is 9.00. The molecular weight excluding hydrogens is 164 g/mol. The summed E-state index contributed by atoms with van der Waals surface area (Å²) in [5.74, 6) is 1.19. The first-order valence-corrected chi connectivity index (χ1v) is 5.08. The largest absolute Gasteiger partial charge is 0.355 e. The van der Waals surface area contributed by atoms with Crippen LogP contribution in [0, 0.1) is 17.3 Å². The van der Waals surface area contributed by atoms with E-state index in [-0.39, 0.29) is 11.8 Å². The van der Waals surface area contributed by atoms with Crippen molar-refractivity contribution in [1.82, 2.24) is 10.6 Å². The molecule has 2 aliphatic rings. The van der Waals surface area contributed by atoms with Gasteiger partial charge >= 0.3 is 0 Å². The van der Waals surface area contributed by atoms with E-state index in [0.29, 0.717) is 11.3 Å². The Morgan fingerprint density at radius 3 is 2.54 bits per heavy atom. The molecule has 1 amide bonds. The second kappa shape index (κ2) is 2.98. The fraction of sp³-hybridized carbons (Fsp3) is 0.900. The highest BCUT2D eigenvalue weighted by Crippen LogP contribution is 2.50. The van der Waals surface area contributed by atoms with Gasteiger partial charge in [-0.2, -0.15) is 0 Å². The highest BCUT2D eigenvalue weighted by atomic mass is 16.2. The van der Waals surface area contributed by atoms with E-state index < -0.39 is 0 Å². The molecule has 13 heavy (non-hydrogen) atoms. The quantitative estimate of drug-likeness (QED) is 0.662. The molecule has 0 aromatic rings. The van der Waals surface area contributed by atoms with Crippen LogP contribution in [0.1, 0.15) is 20.3 Å². The van der Waals surface area contributed by atoms with Crippen molar-refractivity contribution in [2.24, 2.45) is 17.3 Å². The monoisotopic (exact) mass is 182 g/mol. The molecule has 3 heteroatoms. The van der Waals surface area contributed by atoms with Gasteiger partial charge in [0, 0.05) is 19.6 Å². The molecule has 0 spiro atoms. The maximum absolute atomic E-state index is 11.4. The molecule has 1 heterocycles. The maximum Gasteiger partial charge on any atom is 0.225 e. The Labute approximate surface area is 79.3 Å². The number of amides is 1. The summed E-state index contributed by atoms with van der Waals surface area (Å²) in [7, 11) is 0. The zero-order valence-electron chi connectivity index (χ0n) is 8.39. The summed E-state index contributed by atoms with van der Waals surface area (Å²) in [6, 6.07) is 0. The SMILES string of the molecule is CC1(C)CC1CNC(=O)C1CNC1. The van der Waals surface area contributed by atoms with Crippen LogP contribution in [-0.4, -0.2) is 25.5 Å². The second-order valence-corrected chi connectivity index (χ2v) is 4.99. The molecule has 1 aliphatic carbocycles. The van der Waals surface area contributed by atoms with Gasteiger partial charge in [0.25, 0.3) is 0 Å². The molecule has 74 valence electrons. The van der Waals surface area contributed by atoms with Gasteiger partial charge in [0.05, 0.1) is 5.92 Å². The van der Waals surface area contributed by atoms with E-state index in [4.69, 9.17) is 0 Å². The summed E-state index contributed by atoms with van der Waals surface area (Å²) in [5.41, 5.74) is 0.477. The molecule has 0 aromatic heterocycles. The van der Waals surface area contributed by atoms with E-state index in [2.05, 4.69) is 24.5 Å². The molecule has 1 aliphatic heterocycles. The first-order chi connectivity index (χ1) is 6.09. The lowest BCUT2D eigenvalue weighted by Crippen LogP contribution is -2.51. The van der Waals surface area contributed by atoms with E-state index in [1.54, 1.807) is 0 Å². The van der Waals surface area contributed by atoms with Gasteiger partial charge in [0.15, 0.2) is 0 Å². The van der Waals surface area contributed by atoms with E-state index in [9.17, 15) is 4.79 Å². The molecule has 0 bridgehead atoms. The van der Waals surface area contributed by atoms with Gasteiger partial charge < -0.3 is 10.6 Å². The minimum atomic E-state index is 0.237. The van der Waals surface area contributed by atoms with Gasteiger partial charge in [-0.1, -0.05) is 13.8 Å². The predicted octanol–water partition coefficient (Wildman–Crippen LogP) is 0.368. The van der Waals surface area contributed by atoms with Crippen LogP contribution in [0.2, 0.25) is 0 Å². The fourth-order valence-corrected chi connectivity index (χ4v) is 1.77. The Morgan fingerprint density at radius 1 is 1.54 bits per heavy atom. The molecule has 2 N–H and O–H groups in total. The third-order valence-corrected chi connectivity index (χ3v) is 3.39. The van der Waals surface area contributed by atoms with Crippen LogP contribution in [0.5, 0.6) is 0 Å². The van der Waals surface area contributed by atoms with Crippen molar-refractivity contribution in [1.29, 1.82) is 0 Å². The van der Waals surface area contributed by atoms with E-state index >= 15 is 0 Å². The number of carbonyl (C=O) groups is 1. The van der Waals surface area contributed by atoms with Crippen LogP contribution in [-0.2, 0) is 4.79 Å². The van der Waals surface area contributed by atoms with Gasteiger partial charge in [-0.25, -0.2) is 0 Å². The maximum atomic E-state index is 11.4.